The molecule has 96 valence electrons. The molecule has 3 rings (SSSR count). The summed E-state index contributed by atoms with van der Waals surface area (Å²) in [4.78, 5) is 2.40. The zero-order valence-corrected chi connectivity index (χ0v) is 12.4. The van der Waals surface area contributed by atoms with Gasteiger partial charge in [-0.15, -0.1) is 0 Å². The number of hydrogen-bond donors (Lipinski definition) is 0. The lowest BCUT2D eigenvalue weighted by molar-refractivity contribution is 0.157. The van der Waals surface area contributed by atoms with E-state index in [4.69, 9.17) is 5.10 Å². The number of benzene rings is 1. The minimum atomic E-state index is 0.505. The van der Waals surface area contributed by atoms with Crippen LogP contribution >= 0.6 is 15.9 Å². The number of halogens is 1. The molecule has 2 atom stereocenters. The van der Waals surface area contributed by atoms with Crippen LogP contribution in [-0.4, -0.2) is 34.8 Å². The average molecular weight is 308 g/mol. The van der Waals surface area contributed by atoms with Gasteiger partial charge < -0.3 is 4.90 Å². The summed E-state index contributed by atoms with van der Waals surface area (Å²) >= 11 is 3.50. The van der Waals surface area contributed by atoms with Gasteiger partial charge in [-0.05, 0) is 31.5 Å². The molecule has 0 amide bonds. The van der Waals surface area contributed by atoms with Gasteiger partial charge >= 0.3 is 0 Å². The summed E-state index contributed by atoms with van der Waals surface area (Å²) in [7, 11) is 2.20. The van der Waals surface area contributed by atoms with E-state index in [0.717, 1.165) is 22.5 Å². The van der Waals surface area contributed by atoms with Gasteiger partial charge in [0, 0.05) is 29.1 Å². The molecule has 4 heteroatoms. The first-order valence-corrected chi connectivity index (χ1v) is 7.24. The van der Waals surface area contributed by atoms with Crippen LogP contribution in [0.4, 0.5) is 0 Å². The fourth-order valence-electron chi connectivity index (χ4n) is 2.97. The van der Waals surface area contributed by atoms with Gasteiger partial charge in [-0.1, -0.05) is 28.9 Å². The second kappa shape index (κ2) is 4.67. The van der Waals surface area contributed by atoms with Crippen molar-refractivity contribution in [1.82, 2.24) is 14.7 Å². The Morgan fingerprint density at radius 2 is 2.17 bits per heavy atom. The SMILES string of the molecule is C[C@@H]1C[C@@H](n2cc3ccc(Br)cc3n2)CN(C)C1. The lowest BCUT2D eigenvalue weighted by Gasteiger charge is -2.34. The van der Waals surface area contributed by atoms with Crippen molar-refractivity contribution in [3.63, 3.8) is 0 Å². The Labute approximate surface area is 116 Å². The molecule has 0 radical (unpaired) electrons. The molecule has 2 aromatic rings. The monoisotopic (exact) mass is 307 g/mol. The van der Waals surface area contributed by atoms with Crippen LogP contribution in [0.5, 0.6) is 0 Å². The van der Waals surface area contributed by atoms with Gasteiger partial charge in [0.25, 0.3) is 0 Å². The third kappa shape index (κ3) is 2.31. The van der Waals surface area contributed by atoms with Crippen LogP contribution in [0.25, 0.3) is 10.9 Å². The molecule has 0 spiro atoms. The van der Waals surface area contributed by atoms with Crippen LogP contribution in [0.1, 0.15) is 19.4 Å². The van der Waals surface area contributed by atoms with E-state index in [1.54, 1.807) is 0 Å². The van der Waals surface area contributed by atoms with Crippen molar-refractivity contribution in [3.05, 3.63) is 28.9 Å². The molecule has 1 saturated heterocycles. The highest BCUT2D eigenvalue weighted by Gasteiger charge is 2.24. The lowest BCUT2D eigenvalue weighted by atomic mass is 9.96. The number of likely N-dealkylation sites (N-methyl/N-ethyl adjacent to an activating group) is 1. The largest absolute Gasteiger partial charge is 0.304 e. The summed E-state index contributed by atoms with van der Waals surface area (Å²) in [5.41, 5.74) is 1.07. The molecule has 1 fully saturated rings. The van der Waals surface area contributed by atoms with Gasteiger partial charge in [-0.25, -0.2) is 0 Å². The first-order valence-electron chi connectivity index (χ1n) is 6.45. The normalized spacial score (nSPS) is 25.7. The number of piperidine rings is 1. The van der Waals surface area contributed by atoms with Crippen LogP contribution in [-0.2, 0) is 0 Å². The minimum Gasteiger partial charge on any atom is -0.304 e. The predicted octanol–water partition coefficient (Wildman–Crippen LogP) is 3.31. The van der Waals surface area contributed by atoms with E-state index in [2.05, 4.69) is 63.9 Å². The Balaban J connectivity index is 1.93. The smallest absolute Gasteiger partial charge is 0.0934 e. The van der Waals surface area contributed by atoms with E-state index in [1.165, 1.54) is 18.4 Å². The van der Waals surface area contributed by atoms with Crippen molar-refractivity contribution in [2.45, 2.75) is 19.4 Å². The summed E-state index contributed by atoms with van der Waals surface area (Å²) in [6, 6.07) is 6.79. The van der Waals surface area contributed by atoms with E-state index >= 15 is 0 Å². The van der Waals surface area contributed by atoms with E-state index in [1.807, 2.05) is 0 Å². The average Bonchev–Trinajstić information content (AvgIpc) is 2.70. The quantitative estimate of drug-likeness (QED) is 0.806. The number of hydrogen-bond acceptors (Lipinski definition) is 2. The second-order valence-corrected chi connectivity index (χ2v) is 6.44. The highest BCUT2D eigenvalue weighted by Crippen LogP contribution is 2.26. The van der Waals surface area contributed by atoms with Crippen LogP contribution in [0.15, 0.2) is 28.9 Å². The van der Waals surface area contributed by atoms with Gasteiger partial charge in [0.2, 0.25) is 0 Å². The van der Waals surface area contributed by atoms with Crippen molar-refractivity contribution in [2.75, 3.05) is 20.1 Å². The maximum atomic E-state index is 4.73. The van der Waals surface area contributed by atoms with E-state index in [-0.39, 0.29) is 0 Å². The van der Waals surface area contributed by atoms with Crippen LogP contribution in [0.3, 0.4) is 0 Å². The standard InChI is InChI=1S/C14H18BrN3/c1-10-5-13(9-17(2)7-10)18-8-11-3-4-12(15)6-14(11)16-18/h3-4,6,8,10,13H,5,7,9H2,1-2H3/t10-,13-/m1/s1. The molecular formula is C14H18BrN3. The highest BCUT2D eigenvalue weighted by molar-refractivity contribution is 9.10. The molecule has 0 unspecified atom stereocenters. The van der Waals surface area contributed by atoms with Gasteiger partial charge in [0.05, 0.1) is 11.6 Å². The van der Waals surface area contributed by atoms with Crippen molar-refractivity contribution >= 4 is 26.8 Å². The van der Waals surface area contributed by atoms with Gasteiger partial charge in [0.15, 0.2) is 0 Å². The molecule has 1 aliphatic heterocycles. The first-order chi connectivity index (χ1) is 8.61. The molecular weight excluding hydrogens is 290 g/mol. The maximum absolute atomic E-state index is 4.73. The Morgan fingerprint density at radius 1 is 1.33 bits per heavy atom. The number of nitrogens with zero attached hydrogens (tertiary/aromatic N) is 3. The van der Waals surface area contributed by atoms with Crippen molar-refractivity contribution in [1.29, 1.82) is 0 Å². The van der Waals surface area contributed by atoms with Gasteiger partial charge in [0.1, 0.15) is 0 Å². The zero-order valence-electron chi connectivity index (χ0n) is 10.8. The lowest BCUT2D eigenvalue weighted by Crippen LogP contribution is -2.38. The number of aromatic nitrogens is 2. The summed E-state index contributed by atoms with van der Waals surface area (Å²) in [6.45, 7) is 4.62. The molecule has 18 heavy (non-hydrogen) atoms. The minimum absolute atomic E-state index is 0.505. The van der Waals surface area contributed by atoms with E-state index in [0.29, 0.717) is 6.04 Å². The van der Waals surface area contributed by atoms with E-state index < -0.39 is 0 Å². The Bertz CT molecular complexity index is 553. The van der Waals surface area contributed by atoms with E-state index in [9.17, 15) is 0 Å². The first kappa shape index (κ1) is 12.2. The van der Waals surface area contributed by atoms with Crippen LogP contribution in [0.2, 0.25) is 0 Å². The Hall–Kier alpha value is -0.870. The molecule has 0 aliphatic carbocycles. The molecule has 0 saturated carbocycles. The zero-order chi connectivity index (χ0) is 12.7. The third-order valence-electron chi connectivity index (χ3n) is 3.68. The summed E-state index contributed by atoms with van der Waals surface area (Å²) in [6.07, 6.45) is 3.40. The molecule has 1 aromatic carbocycles. The Kier molecular flexibility index (Phi) is 3.16. The van der Waals surface area contributed by atoms with Gasteiger partial charge in [-0.2, -0.15) is 5.10 Å². The molecule has 0 N–H and O–H groups in total. The summed E-state index contributed by atoms with van der Waals surface area (Å²) < 4.78 is 3.25. The summed E-state index contributed by atoms with van der Waals surface area (Å²) in [5.74, 6) is 0.743. The number of fused-ring (bicyclic) bond motifs is 1. The van der Waals surface area contributed by atoms with Crippen molar-refractivity contribution in [2.24, 2.45) is 5.92 Å². The molecule has 3 nitrogen and oxygen atoms in total. The molecule has 2 heterocycles. The van der Waals surface area contributed by atoms with Gasteiger partial charge in [-0.3, -0.25) is 4.68 Å². The summed E-state index contributed by atoms with van der Waals surface area (Å²) in [5, 5.41) is 5.95. The topological polar surface area (TPSA) is 21.1 Å². The number of rotatable bonds is 1. The van der Waals surface area contributed by atoms with Crippen LogP contribution < -0.4 is 0 Å². The van der Waals surface area contributed by atoms with Crippen LogP contribution in [0, 0.1) is 5.92 Å². The third-order valence-corrected chi connectivity index (χ3v) is 4.17. The molecule has 1 aromatic heterocycles. The fourth-order valence-corrected chi connectivity index (χ4v) is 3.32. The Morgan fingerprint density at radius 3 is 2.94 bits per heavy atom. The predicted molar refractivity (Wildman–Crippen MR) is 77.7 cm³/mol. The molecule has 1 aliphatic rings. The second-order valence-electron chi connectivity index (χ2n) is 5.53. The number of likely N-dealkylation sites (tertiary alicyclic amines) is 1. The highest BCUT2D eigenvalue weighted by atomic mass is 79.9. The van der Waals surface area contributed by atoms with Crippen molar-refractivity contribution < 1.29 is 0 Å². The fraction of sp³-hybridized carbons (Fsp3) is 0.500. The molecule has 0 bridgehead atoms. The van der Waals surface area contributed by atoms with Crippen molar-refractivity contribution in [3.8, 4) is 0 Å². The maximum Gasteiger partial charge on any atom is 0.0934 e.